The summed E-state index contributed by atoms with van der Waals surface area (Å²) in [7, 11) is 1.62. The van der Waals surface area contributed by atoms with Crippen molar-refractivity contribution in [2.75, 3.05) is 26.8 Å². The fourth-order valence-electron chi connectivity index (χ4n) is 1.96. The number of carboxylic acid groups (broad SMARTS) is 1. The summed E-state index contributed by atoms with van der Waals surface area (Å²) in [6.45, 7) is 3.92. The first-order valence-electron chi connectivity index (χ1n) is 7.17. The lowest BCUT2D eigenvalue weighted by atomic mass is 10.1. The smallest absolute Gasteiger partial charge is 0.335 e. The molecule has 0 atom stereocenters. The van der Waals surface area contributed by atoms with E-state index in [1.807, 2.05) is 0 Å². The molecule has 116 valence electrons. The Labute approximate surface area is 125 Å². The first-order chi connectivity index (χ1) is 10.1. The highest BCUT2D eigenvalue weighted by atomic mass is 16.5. The van der Waals surface area contributed by atoms with E-state index in [0.29, 0.717) is 13.2 Å². The molecule has 0 saturated carbocycles. The Bertz CT molecular complexity index is 448. The summed E-state index contributed by atoms with van der Waals surface area (Å²) in [5.74, 6) is -0.916. The van der Waals surface area contributed by atoms with E-state index in [1.54, 1.807) is 24.1 Å². The fourth-order valence-corrected chi connectivity index (χ4v) is 1.96. The van der Waals surface area contributed by atoms with Crippen molar-refractivity contribution in [1.82, 2.24) is 4.90 Å². The highest BCUT2D eigenvalue weighted by Crippen LogP contribution is 2.08. The van der Waals surface area contributed by atoms with Gasteiger partial charge >= 0.3 is 5.97 Å². The third-order valence-electron chi connectivity index (χ3n) is 3.26. The van der Waals surface area contributed by atoms with Gasteiger partial charge in [-0.05, 0) is 24.1 Å². The van der Waals surface area contributed by atoms with E-state index < -0.39 is 5.97 Å². The zero-order valence-corrected chi connectivity index (χ0v) is 12.7. The first kappa shape index (κ1) is 17.2. The van der Waals surface area contributed by atoms with Gasteiger partial charge in [-0.25, -0.2) is 4.79 Å². The number of unbranched alkanes of at least 4 members (excludes halogenated alkanes) is 1. The number of methoxy groups -OCH3 is 1. The van der Waals surface area contributed by atoms with Crippen molar-refractivity contribution in [3.8, 4) is 0 Å². The molecule has 0 aromatic heterocycles. The lowest BCUT2D eigenvalue weighted by Gasteiger charge is -2.22. The van der Waals surface area contributed by atoms with Crippen molar-refractivity contribution in [2.45, 2.75) is 26.2 Å². The van der Waals surface area contributed by atoms with Gasteiger partial charge in [0.15, 0.2) is 0 Å². The largest absolute Gasteiger partial charge is 0.478 e. The molecule has 0 aliphatic rings. The predicted octanol–water partition coefficient (Wildman–Crippen LogP) is 2.20. The van der Waals surface area contributed by atoms with Crippen molar-refractivity contribution in [3.05, 3.63) is 35.4 Å². The molecule has 5 nitrogen and oxygen atoms in total. The van der Waals surface area contributed by atoms with Crippen LogP contribution in [0.5, 0.6) is 0 Å². The van der Waals surface area contributed by atoms with Crippen LogP contribution in [0.15, 0.2) is 24.3 Å². The summed E-state index contributed by atoms with van der Waals surface area (Å²) in [4.78, 5) is 24.9. The van der Waals surface area contributed by atoms with Gasteiger partial charge in [0.2, 0.25) is 5.91 Å². The molecule has 5 heteroatoms. The molecule has 0 heterocycles. The van der Waals surface area contributed by atoms with Crippen molar-refractivity contribution in [2.24, 2.45) is 0 Å². The van der Waals surface area contributed by atoms with Gasteiger partial charge in [-0.3, -0.25) is 4.79 Å². The molecule has 1 amide bonds. The third-order valence-corrected chi connectivity index (χ3v) is 3.26. The second-order valence-electron chi connectivity index (χ2n) is 4.91. The quantitative estimate of drug-likeness (QED) is 0.758. The van der Waals surface area contributed by atoms with E-state index in [9.17, 15) is 9.59 Å². The molecule has 0 bridgehead atoms. The molecule has 0 radical (unpaired) electrons. The van der Waals surface area contributed by atoms with Gasteiger partial charge in [0.1, 0.15) is 0 Å². The van der Waals surface area contributed by atoms with Crippen molar-refractivity contribution in [1.29, 1.82) is 0 Å². The monoisotopic (exact) mass is 293 g/mol. The molecule has 1 N–H and O–H groups in total. The molecule has 0 fully saturated rings. The maximum absolute atomic E-state index is 12.3. The first-order valence-corrected chi connectivity index (χ1v) is 7.17. The molecule has 1 aromatic carbocycles. The zero-order valence-electron chi connectivity index (χ0n) is 12.7. The molecule has 0 spiro atoms. The Hall–Kier alpha value is -1.88. The van der Waals surface area contributed by atoms with E-state index in [0.717, 1.165) is 24.9 Å². The van der Waals surface area contributed by atoms with E-state index in [1.165, 1.54) is 12.1 Å². The summed E-state index contributed by atoms with van der Waals surface area (Å²) in [6, 6.07) is 6.43. The predicted molar refractivity (Wildman–Crippen MR) is 80.5 cm³/mol. The highest BCUT2D eigenvalue weighted by Gasteiger charge is 2.13. The molecule has 21 heavy (non-hydrogen) atoms. The normalized spacial score (nSPS) is 10.4. The minimum atomic E-state index is -0.961. The average Bonchev–Trinajstić information content (AvgIpc) is 2.47. The lowest BCUT2D eigenvalue weighted by molar-refractivity contribution is -0.131. The topological polar surface area (TPSA) is 66.8 Å². The summed E-state index contributed by atoms with van der Waals surface area (Å²) in [5.41, 5.74) is 1.05. The Morgan fingerprint density at radius 3 is 2.38 bits per heavy atom. The minimum Gasteiger partial charge on any atom is -0.478 e. The van der Waals surface area contributed by atoms with Crippen LogP contribution >= 0.6 is 0 Å². The minimum absolute atomic E-state index is 0.0450. The van der Waals surface area contributed by atoms with Gasteiger partial charge < -0.3 is 14.7 Å². The van der Waals surface area contributed by atoms with E-state index >= 15 is 0 Å². The van der Waals surface area contributed by atoms with Gasteiger partial charge in [0.25, 0.3) is 0 Å². The van der Waals surface area contributed by atoms with Crippen LogP contribution in [-0.4, -0.2) is 48.7 Å². The van der Waals surface area contributed by atoms with Crippen LogP contribution in [0.1, 0.15) is 35.7 Å². The number of carboxylic acids is 1. The van der Waals surface area contributed by atoms with E-state index in [2.05, 4.69) is 6.92 Å². The molecular formula is C16H23NO4. The molecule has 0 saturated heterocycles. The maximum atomic E-state index is 12.3. The molecule has 0 aliphatic heterocycles. The summed E-state index contributed by atoms with van der Waals surface area (Å²) >= 11 is 0. The molecule has 1 rings (SSSR count). The number of hydrogen-bond acceptors (Lipinski definition) is 3. The van der Waals surface area contributed by atoms with Crippen molar-refractivity contribution < 1.29 is 19.4 Å². The molecule has 0 unspecified atom stereocenters. The number of rotatable bonds is 9. The number of benzene rings is 1. The Balaban J connectivity index is 2.64. The van der Waals surface area contributed by atoms with Crippen molar-refractivity contribution >= 4 is 11.9 Å². The summed E-state index contributed by atoms with van der Waals surface area (Å²) in [5, 5.41) is 8.85. The van der Waals surface area contributed by atoms with Crippen LogP contribution in [0.4, 0.5) is 0 Å². The zero-order chi connectivity index (χ0) is 15.7. The fraction of sp³-hybridized carbons (Fsp3) is 0.500. The van der Waals surface area contributed by atoms with Crippen LogP contribution in [0.3, 0.4) is 0 Å². The van der Waals surface area contributed by atoms with E-state index in [-0.39, 0.29) is 17.9 Å². The van der Waals surface area contributed by atoms with Crippen LogP contribution in [-0.2, 0) is 16.0 Å². The number of ether oxygens (including phenoxy) is 1. The number of carbonyl (C=O) groups excluding carboxylic acids is 1. The molecule has 0 aliphatic carbocycles. The number of hydrogen-bond donors (Lipinski definition) is 1. The van der Waals surface area contributed by atoms with Crippen LogP contribution < -0.4 is 0 Å². The summed E-state index contributed by atoms with van der Waals surface area (Å²) < 4.78 is 5.04. The van der Waals surface area contributed by atoms with Gasteiger partial charge in [0.05, 0.1) is 18.6 Å². The number of aromatic carboxylic acids is 1. The van der Waals surface area contributed by atoms with Crippen molar-refractivity contribution in [3.63, 3.8) is 0 Å². The van der Waals surface area contributed by atoms with Gasteiger partial charge in [-0.15, -0.1) is 0 Å². The van der Waals surface area contributed by atoms with Gasteiger partial charge in [-0.1, -0.05) is 25.5 Å². The summed E-state index contributed by atoms with van der Waals surface area (Å²) in [6.07, 6.45) is 2.28. The number of carbonyl (C=O) groups is 2. The third kappa shape index (κ3) is 5.95. The highest BCUT2D eigenvalue weighted by molar-refractivity contribution is 5.87. The second-order valence-corrected chi connectivity index (χ2v) is 4.91. The second kappa shape index (κ2) is 9.13. The van der Waals surface area contributed by atoms with E-state index in [4.69, 9.17) is 9.84 Å². The van der Waals surface area contributed by atoms with Crippen LogP contribution in [0.25, 0.3) is 0 Å². The Morgan fingerprint density at radius 2 is 1.86 bits per heavy atom. The van der Waals surface area contributed by atoms with Crippen LogP contribution in [0, 0.1) is 0 Å². The number of amides is 1. The molecular weight excluding hydrogens is 270 g/mol. The molecule has 1 aromatic rings. The SMILES string of the molecule is CCCCN(CCOC)C(=O)Cc1ccc(C(=O)O)cc1. The van der Waals surface area contributed by atoms with Gasteiger partial charge in [0, 0.05) is 20.2 Å². The standard InChI is InChI=1S/C16H23NO4/c1-3-4-9-17(10-11-21-2)15(18)12-13-5-7-14(8-6-13)16(19)20/h5-8H,3-4,9-12H2,1-2H3,(H,19,20). The number of nitrogens with zero attached hydrogens (tertiary/aromatic N) is 1. The van der Waals surface area contributed by atoms with Crippen LogP contribution in [0.2, 0.25) is 0 Å². The lowest BCUT2D eigenvalue weighted by Crippen LogP contribution is -2.35. The Kier molecular flexibility index (Phi) is 7.46. The average molecular weight is 293 g/mol. The Morgan fingerprint density at radius 1 is 1.19 bits per heavy atom. The van der Waals surface area contributed by atoms with Gasteiger partial charge in [-0.2, -0.15) is 0 Å². The maximum Gasteiger partial charge on any atom is 0.335 e.